The number of nitrogens with zero attached hydrogens (tertiary/aromatic N) is 1. The van der Waals surface area contributed by atoms with Gasteiger partial charge in [-0.1, -0.05) is 18.2 Å². The van der Waals surface area contributed by atoms with Crippen molar-refractivity contribution in [3.05, 3.63) is 52.5 Å². The Hall–Kier alpha value is -2.54. The molecular formula is C17H17BrN2O4. The number of hydrazone groups is 1. The molecule has 2 aromatic carbocycles. The fraction of sp³-hybridized carbons (Fsp3) is 0.176. The number of methoxy groups -OCH3 is 2. The van der Waals surface area contributed by atoms with Gasteiger partial charge < -0.3 is 14.2 Å². The average molecular weight is 393 g/mol. The van der Waals surface area contributed by atoms with Crippen LogP contribution >= 0.6 is 15.9 Å². The normalized spacial score (nSPS) is 10.5. The van der Waals surface area contributed by atoms with Gasteiger partial charge in [-0.2, -0.15) is 5.10 Å². The van der Waals surface area contributed by atoms with Crippen LogP contribution in [0.2, 0.25) is 0 Å². The zero-order valence-corrected chi connectivity index (χ0v) is 14.9. The molecule has 0 fully saturated rings. The summed E-state index contributed by atoms with van der Waals surface area (Å²) in [5, 5.41) is 3.91. The zero-order valence-electron chi connectivity index (χ0n) is 13.3. The van der Waals surface area contributed by atoms with E-state index in [1.807, 2.05) is 18.2 Å². The van der Waals surface area contributed by atoms with Crippen molar-refractivity contribution < 1.29 is 19.0 Å². The van der Waals surface area contributed by atoms with Crippen molar-refractivity contribution in [3.63, 3.8) is 0 Å². The van der Waals surface area contributed by atoms with Gasteiger partial charge in [-0.15, -0.1) is 0 Å². The number of hydrogen-bond acceptors (Lipinski definition) is 5. The minimum absolute atomic E-state index is 0.120. The molecule has 0 saturated carbocycles. The fourth-order valence-corrected chi connectivity index (χ4v) is 2.38. The van der Waals surface area contributed by atoms with Crippen LogP contribution in [0.5, 0.6) is 17.2 Å². The highest BCUT2D eigenvalue weighted by Crippen LogP contribution is 2.31. The van der Waals surface area contributed by atoms with Gasteiger partial charge in [0.05, 0.1) is 24.9 Å². The number of hydrogen-bond donors (Lipinski definition) is 1. The smallest absolute Gasteiger partial charge is 0.277 e. The van der Waals surface area contributed by atoms with Gasteiger partial charge in [0, 0.05) is 11.6 Å². The molecule has 0 aliphatic rings. The van der Waals surface area contributed by atoms with Gasteiger partial charge in [-0.05, 0) is 34.1 Å². The Bertz CT molecular complexity index is 720. The first kappa shape index (κ1) is 17.8. The van der Waals surface area contributed by atoms with Crippen LogP contribution in [-0.4, -0.2) is 32.9 Å². The van der Waals surface area contributed by atoms with Crippen LogP contribution in [0.1, 0.15) is 5.56 Å². The number of benzene rings is 2. The Morgan fingerprint density at radius 1 is 1.17 bits per heavy atom. The summed E-state index contributed by atoms with van der Waals surface area (Å²) in [4.78, 5) is 11.7. The summed E-state index contributed by atoms with van der Waals surface area (Å²) < 4.78 is 16.6. The fourth-order valence-electron chi connectivity index (χ4n) is 1.86. The van der Waals surface area contributed by atoms with Gasteiger partial charge in [0.1, 0.15) is 17.2 Å². The van der Waals surface area contributed by atoms with Crippen LogP contribution in [0.3, 0.4) is 0 Å². The quantitative estimate of drug-likeness (QED) is 0.580. The lowest BCUT2D eigenvalue weighted by Crippen LogP contribution is -2.24. The highest BCUT2D eigenvalue weighted by atomic mass is 79.9. The Balaban J connectivity index is 1.93. The first-order valence-electron chi connectivity index (χ1n) is 7.05. The SMILES string of the molecule is COc1cc(OC)c(/C=N/NC(=O)COc2ccccc2)cc1Br. The molecular weight excluding hydrogens is 376 g/mol. The molecule has 7 heteroatoms. The Morgan fingerprint density at radius 2 is 1.88 bits per heavy atom. The van der Waals surface area contributed by atoms with Gasteiger partial charge in [-0.25, -0.2) is 5.43 Å². The van der Waals surface area contributed by atoms with Crippen LogP contribution in [0.25, 0.3) is 0 Å². The van der Waals surface area contributed by atoms with Crippen molar-refractivity contribution >= 4 is 28.1 Å². The highest BCUT2D eigenvalue weighted by Gasteiger charge is 2.08. The maximum absolute atomic E-state index is 11.7. The van der Waals surface area contributed by atoms with Crippen LogP contribution < -0.4 is 19.6 Å². The summed E-state index contributed by atoms with van der Waals surface area (Å²) in [6.07, 6.45) is 1.49. The topological polar surface area (TPSA) is 69.2 Å². The predicted octanol–water partition coefficient (Wildman–Crippen LogP) is 3.00. The van der Waals surface area contributed by atoms with E-state index in [1.165, 1.54) is 6.21 Å². The van der Waals surface area contributed by atoms with Crippen molar-refractivity contribution in [1.82, 2.24) is 5.43 Å². The third kappa shape index (κ3) is 4.99. The molecule has 24 heavy (non-hydrogen) atoms. The molecule has 0 aliphatic heterocycles. The van der Waals surface area contributed by atoms with Crippen LogP contribution in [0.15, 0.2) is 52.0 Å². The van der Waals surface area contributed by atoms with Crippen molar-refractivity contribution in [2.75, 3.05) is 20.8 Å². The second-order valence-electron chi connectivity index (χ2n) is 4.62. The number of carbonyl (C=O) groups is 1. The number of rotatable bonds is 7. The summed E-state index contributed by atoms with van der Waals surface area (Å²) in [6.45, 7) is -0.120. The van der Waals surface area contributed by atoms with Crippen LogP contribution in [-0.2, 0) is 4.79 Å². The molecule has 0 aliphatic carbocycles. The molecule has 0 saturated heterocycles. The number of amides is 1. The Morgan fingerprint density at radius 3 is 2.54 bits per heavy atom. The van der Waals surface area contributed by atoms with E-state index >= 15 is 0 Å². The van der Waals surface area contributed by atoms with E-state index < -0.39 is 0 Å². The van der Waals surface area contributed by atoms with Crippen LogP contribution in [0, 0.1) is 0 Å². The van der Waals surface area contributed by atoms with Crippen molar-refractivity contribution in [3.8, 4) is 17.2 Å². The minimum atomic E-state index is -0.360. The number of ether oxygens (including phenoxy) is 3. The second kappa shape index (κ2) is 8.93. The van der Waals surface area contributed by atoms with Gasteiger partial charge in [0.2, 0.25) is 0 Å². The second-order valence-corrected chi connectivity index (χ2v) is 5.48. The van der Waals surface area contributed by atoms with Crippen molar-refractivity contribution in [1.29, 1.82) is 0 Å². The number of nitrogens with one attached hydrogen (secondary N) is 1. The molecule has 1 N–H and O–H groups in total. The lowest BCUT2D eigenvalue weighted by Gasteiger charge is -2.09. The molecule has 0 spiro atoms. The molecule has 0 unspecified atom stereocenters. The number of para-hydroxylation sites is 1. The first-order valence-corrected chi connectivity index (χ1v) is 7.84. The lowest BCUT2D eigenvalue weighted by atomic mass is 10.2. The van der Waals surface area contributed by atoms with E-state index in [9.17, 15) is 4.79 Å². The molecule has 1 amide bonds. The predicted molar refractivity (Wildman–Crippen MR) is 94.9 cm³/mol. The van der Waals surface area contributed by atoms with Gasteiger partial charge in [0.25, 0.3) is 5.91 Å². The highest BCUT2D eigenvalue weighted by molar-refractivity contribution is 9.10. The van der Waals surface area contributed by atoms with E-state index in [1.54, 1.807) is 38.5 Å². The molecule has 0 heterocycles. The van der Waals surface area contributed by atoms with E-state index in [-0.39, 0.29) is 12.5 Å². The number of halogens is 1. The summed E-state index contributed by atoms with van der Waals surface area (Å²) in [5.74, 6) is 1.48. The summed E-state index contributed by atoms with van der Waals surface area (Å²) in [7, 11) is 3.12. The molecule has 0 radical (unpaired) electrons. The molecule has 6 nitrogen and oxygen atoms in total. The monoisotopic (exact) mass is 392 g/mol. The molecule has 126 valence electrons. The van der Waals surface area contributed by atoms with Gasteiger partial charge in [0.15, 0.2) is 6.61 Å². The van der Waals surface area contributed by atoms with E-state index in [0.717, 1.165) is 4.47 Å². The maximum atomic E-state index is 11.7. The largest absolute Gasteiger partial charge is 0.496 e. The lowest BCUT2D eigenvalue weighted by molar-refractivity contribution is -0.123. The molecule has 0 aromatic heterocycles. The Kier molecular flexibility index (Phi) is 6.62. The van der Waals surface area contributed by atoms with Gasteiger partial charge >= 0.3 is 0 Å². The molecule has 0 bridgehead atoms. The summed E-state index contributed by atoms with van der Waals surface area (Å²) in [6, 6.07) is 12.6. The zero-order chi connectivity index (χ0) is 17.4. The van der Waals surface area contributed by atoms with Crippen molar-refractivity contribution in [2.45, 2.75) is 0 Å². The first-order chi connectivity index (χ1) is 11.6. The molecule has 2 rings (SSSR count). The minimum Gasteiger partial charge on any atom is -0.496 e. The standard InChI is InChI=1S/C17H17BrN2O4/c1-22-15-9-16(23-2)14(18)8-12(15)10-19-20-17(21)11-24-13-6-4-3-5-7-13/h3-10H,11H2,1-2H3,(H,20,21)/b19-10+. The summed E-state index contributed by atoms with van der Waals surface area (Å²) in [5.41, 5.74) is 3.09. The van der Waals surface area contributed by atoms with Crippen LogP contribution in [0.4, 0.5) is 0 Å². The number of carbonyl (C=O) groups excluding carboxylic acids is 1. The Labute approximate surface area is 148 Å². The third-order valence-corrected chi connectivity index (χ3v) is 3.63. The van der Waals surface area contributed by atoms with E-state index in [2.05, 4.69) is 26.5 Å². The van der Waals surface area contributed by atoms with E-state index in [0.29, 0.717) is 22.8 Å². The average Bonchev–Trinajstić information content (AvgIpc) is 2.61. The van der Waals surface area contributed by atoms with E-state index in [4.69, 9.17) is 14.2 Å². The van der Waals surface area contributed by atoms with Gasteiger partial charge in [-0.3, -0.25) is 4.79 Å². The molecule has 2 aromatic rings. The summed E-state index contributed by atoms with van der Waals surface area (Å²) >= 11 is 3.39. The third-order valence-electron chi connectivity index (χ3n) is 3.01. The van der Waals surface area contributed by atoms with Crippen molar-refractivity contribution in [2.24, 2.45) is 5.10 Å². The maximum Gasteiger partial charge on any atom is 0.277 e. The molecule has 0 atom stereocenters.